The zero-order chi connectivity index (χ0) is 17.0. The van der Waals surface area contributed by atoms with E-state index in [9.17, 15) is 9.59 Å². The minimum atomic E-state index is -1.11. The summed E-state index contributed by atoms with van der Waals surface area (Å²) < 4.78 is 5.07. The van der Waals surface area contributed by atoms with E-state index in [0.717, 1.165) is 17.0 Å². The van der Waals surface area contributed by atoms with Gasteiger partial charge >= 0.3 is 5.97 Å². The second kappa shape index (κ2) is 7.52. The van der Waals surface area contributed by atoms with Crippen molar-refractivity contribution in [1.29, 1.82) is 0 Å². The van der Waals surface area contributed by atoms with Gasteiger partial charge in [0, 0.05) is 17.0 Å². The van der Waals surface area contributed by atoms with Crippen LogP contribution in [0.2, 0.25) is 5.02 Å². The summed E-state index contributed by atoms with van der Waals surface area (Å²) in [5.41, 5.74) is 2.28. The fourth-order valence-corrected chi connectivity index (χ4v) is 3.15. The molecule has 1 amide bonds. The number of halogens is 1. The molecule has 0 saturated carbocycles. The first-order valence-corrected chi connectivity index (χ1v) is 8.24. The topological polar surface area (TPSA) is 92.4 Å². The Balaban J connectivity index is 1.88. The number of carbonyl (C=O) groups is 2. The first-order chi connectivity index (χ1) is 10.9. The van der Waals surface area contributed by atoms with Crippen LogP contribution in [0.1, 0.15) is 27.4 Å². The Kier molecular flexibility index (Phi) is 5.68. The van der Waals surface area contributed by atoms with Crippen molar-refractivity contribution < 1.29 is 19.2 Å². The lowest BCUT2D eigenvalue weighted by atomic mass is 10.2. The van der Waals surface area contributed by atoms with Crippen LogP contribution in [-0.4, -0.2) is 27.9 Å². The maximum atomic E-state index is 11.9. The molecule has 0 aliphatic heterocycles. The van der Waals surface area contributed by atoms with Gasteiger partial charge in [-0.15, -0.1) is 11.8 Å². The lowest BCUT2D eigenvalue weighted by molar-refractivity contribution is -0.113. The Labute approximate surface area is 142 Å². The number of carboxylic acids is 1. The quantitative estimate of drug-likeness (QED) is 0.824. The van der Waals surface area contributed by atoms with Crippen molar-refractivity contribution in [1.82, 2.24) is 5.16 Å². The van der Waals surface area contributed by atoms with Crippen molar-refractivity contribution >= 4 is 40.9 Å². The zero-order valence-electron chi connectivity index (χ0n) is 12.6. The Morgan fingerprint density at radius 3 is 2.70 bits per heavy atom. The SMILES string of the molecule is Cc1noc(C)c1CSCC(=O)Nc1ccc(C(=O)O)c(Cl)c1. The van der Waals surface area contributed by atoms with E-state index in [1.54, 1.807) is 0 Å². The molecule has 0 aliphatic rings. The van der Waals surface area contributed by atoms with Crippen molar-refractivity contribution in [3.8, 4) is 0 Å². The molecule has 0 aliphatic carbocycles. The minimum absolute atomic E-state index is 0.00236. The van der Waals surface area contributed by atoms with Crippen molar-refractivity contribution in [2.75, 3.05) is 11.1 Å². The highest BCUT2D eigenvalue weighted by Crippen LogP contribution is 2.22. The fourth-order valence-electron chi connectivity index (χ4n) is 1.92. The summed E-state index contributed by atoms with van der Waals surface area (Å²) in [7, 11) is 0. The van der Waals surface area contributed by atoms with E-state index < -0.39 is 5.97 Å². The van der Waals surface area contributed by atoms with Crippen LogP contribution in [0.25, 0.3) is 0 Å². The molecule has 2 aromatic rings. The van der Waals surface area contributed by atoms with Gasteiger partial charge in [-0.1, -0.05) is 16.8 Å². The van der Waals surface area contributed by atoms with Gasteiger partial charge in [-0.25, -0.2) is 4.79 Å². The molecular formula is C15H15ClN2O4S. The molecule has 0 bridgehead atoms. The van der Waals surface area contributed by atoms with Crippen LogP contribution >= 0.6 is 23.4 Å². The largest absolute Gasteiger partial charge is 0.478 e. The first-order valence-electron chi connectivity index (χ1n) is 6.70. The van der Waals surface area contributed by atoms with Gasteiger partial charge in [0.1, 0.15) is 5.76 Å². The molecule has 0 fully saturated rings. The number of carboxylic acid groups (broad SMARTS) is 1. The number of amides is 1. The average Bonchev–Trinajstić information content (AvgIpc) is 2.78. The summed E-state index contributed by atoms with van der Waals surface area (Å²) in [6.07, 6.45) is 0. The Bertz CT molecular complexity index is 726. The number of carbonyl (C=O) groups excluding carboxylic acids is 1. The third-order valence-corrected chi connectivity index (χ3v) is 4.42. The lowest BCUT2D eigenvalue weighted by Gasteiger charge is -2.07. The summed E-state index contributed by atoms with van der Waals surface area (Å²) in [5.74, 6) is 0.339. The maximum Gasteiger partial charge on any atom is 0.337 e. The Morgan fingerprint density at radius 2 is 2.13 bits per heavy atom. The van der Waals surface area contributed by atoms with Gasteiger partial charge < -0.3 is 14.9 Å². The standard InChI is InChI=1S/C15H15ClN2O4S/c1-8-12(9(2)22-18-8)6-23-7-14(19)17-10-3-4-11(15(20)21)13(16)5-10/h3-5H,6-7H2,1-2H3,(H,17,19)(H,20,21). The molecule has 1 aromatic carbocycles. The van der Waals surface area contributed by atoms with Crippen molar-refractivity contribution in [3.63, 3.8) is 0 Å². The number of nitrogens with zero attached hydrogens (tertiary/aromatic N) is 1. The number of anilines is 1. The van der Waals surface area contributed by atoms with Crippen LogP contribution in [0, 0.1) is 13.8 Å². The van der Waals surface area contributed by atoms with Crippen molar-refractivity contribution in [2.24, 2.45) is 0 Å². The van der Waals surface area contributed by atoms with Gasteiger partial charge in [0.15, 0.2) is 0 Å². The van der Waals surface area contributed by atoms with Gasteiger partial charge in [0.25, 0.3) is 0 Å². The van der Waals surface area contributed by atoms with Gasteiger partial charge in [-0.2, -0.15) is 0 Å². The number of thioether (sulfide) groups is 1. The van der Waals surface area contributed by atoms with E-state index in [1.165, 1.54) is 30.0 Å². The molecular weight excluding hydrogens is 340 g/mol. The number of aromatic nitrogens is 1. The van der Waals surface area contributed by atoms with E-state index in [4.69, 9.17) is 21.2 Å². The van der Waals surface area contributed by atoms with Gasteiger partial charge in [-0.05, 0) is 32.0 Å². The van der Waals surface area contributed by atoms with Crippen LogP contribution in [0.5, 0.6) is 0 Å². The predicted octanol–water partition coefficient (Wildman–Crippen LogP) is 3.51. The van der Waals surface area contributed by atoms with E-state index in [0.29, 0.717) is 11.4 Å². The second-order valence-electron chi connectivity index (χ2n) is 4.84. The summed E-state index contributed by atoms with van der Waals surface area (Å²) in [5, 5.41) is 15.5. The third-order valence-electron chi connectivity index (χ3n) is 3.14. The molecule has 0 unspecified atom stereocenters. The average molecular weight is 355 g/mol. The number of hydrogen-bond donors (Lipinski definition) is 2. The van der Waals surface area contributed by atoms with Crippen LogP contribution < -0.4 is 5.32 Å². The van der Waals surface area contributed by atoms with E-state index in [2.05, 4.69) is 10.5 Å². The number of nitrogens with one attached hydrogen (secondary N) is 1. The van der Waals surface area contributed by atoms with Gasteiger partial charge in [0.05, 0.1) is 22.0 Å². The number of benzene rings is 1. The molecule has 0 saturated heterocycles. The molecule has 122 valence electrons. The lowest BCUT2D eigenvalue weighted by Crippen LogP contribution is -2.14. The van der Waals surface area contributed by atoms with E-state index in [-0.39, 0.29) is 22.2 Å². The predicted molar refractivity (Wildman–Crippen MR) is 89.2 cm³/mol. The summed E-state index contributed by atoms with van der Waals surface area (Å²) >= 11 is 7.30. The van der Waals surface area contributed by atoms with E-state index >= 15 is 0 Å². The molecule has 2 rings (SSSR count). The molecule has 23 heavy (non-hydrogen) atoms. The highest BCUT2D eigenvalue weighted by atomic mass is 35.5. The Morgan fingerprint density at radius 1 is 1.39 bits per heavy atom. The molecule has 1 heterocycles. The van der Waals surface area contributed by atoms with Gasteiger partial charge in [0.2, 0.25) is 5.91 Å². The number of aryl methyl sites for hydroxylation is 2. The monoisotopic (exact) mass is 354 g/mol. The van der Waals surface area contributed by atoms with Crippen LogP contribution in [0.15, 0.2) is 22.7 Å². The molecule has 0 spiro atoms. The summed E-state index contributed by atoms with van der Waals surface area (Å²) in [6, 6.07) is 4.28. The highest BCUT2D eigenvalue weighted by molar-refractivity contribution is 7.99. The smallest absolute Gasteiger partial charge is 0.337 e. The molecule has 8 heteroatoms. The van der Waals surface area contributed by atoms with E-state index in [1.807, 2.05) is 13.8 Å². The molecule has 2 N–H and O–H groups in total. The number of rotatable bonds is 6. The molecule has 0 atom stereocenters. The van der Waals surface area contributed by atoms with Crippen molar-refractivity contribution in [3.05, 3.63) is 45.8 Å². The second-order valence-corrected chi connectivity index (χ2v) is 6.24. The first kappa shape index (κ1) is 17.4. The summed E-state index contributed by atoms with van der Waals surface area (Å²) in [4.78, 5) is 22.8. The zero-order valence-corrected chi connectivity index (χ0v) is 14.1. The maximum absolute atomic E-state index is 11.9. The van der Waals surface area contributed by atoms with Crippen LogP contribution in [-0.2, 0) is 10.5 Å². The fraction of sp³-hybridized carbons (Fsp3) is 0.267. The molecule has 1 aromatic heterocycles. The highest BCUT2D eigenvalue weighted by Gasteiger charge is 2.12. The van der Waals surface area contributed by atoms with Crippen molar-refractivity contribution in [2.45, 2.75) is 19.6 Å². The summed E-state index contributed by atoms with van der Waals surface area (Å²) in [6.45, 7) is 3.69. The normalized spacial score (nSPS) is 10.6. The molecule has 0 radical (unpaired) electrons. The number of aromatic carboxylic acids is 1. The molecule has 6 nitrogen and oxygen atoms in total. The third kappa shape index (κ3) is 4.49. The number of hydrogen-bond acceptors (Lipinski definition) is 5. The van der Waals surface area contributed by atoms with Crippen LogP contribution in [0.4, 0.5) is 5.69 Å². The Hall–Kier alpha value is -1.99. The minimum Gasteiger partial charge on any atom is -0.478 e. The van der Waals surface area contributed by atoms with Crippen LogP contribution in [0.3, 0.4) is 0 Å². The van der Waals surface area contributed by atoms with Gasteiger partial charge in [-0.3, -0.25) is 4.79 Å².